The van der Waals surface area contributed by atoms with E-state index in [9.17, 15) is 5.11 Å². The topological polar surface area (TPSA) is 55.7 Å². The molecule has 0 aromatic carbocycles. The summed E-state index contributed by atoms with van der Waals surface area (Å²) in [7, 11) is 2.14. The Balaban J connectivity index is 1.93. The molecule has 1 aliphatic heterocycles. The zero-order valence-corrected chi connectivity index (χ0v) is 14.3. The van der Waals surface area contributed by atoms with Crippen molar-refractivity contribution in [2.75, 3.05) is 51.2 Å². The van der Waals surface area contributed by atoms with Gasteiger partial charge in [-0.05, 0) is 27.4 Å². The van der Waals surface area contributed by atoms with Gasteiger partial charge in [0.2, 0.25) is 5.95 Å². The first-order valence-electron chi connectivity index (χ1n) is 8.06. The Morgan fingerprint density at radius 1 is 1.18 bits per heavy atom. The zero-order valence-electron chi connectivity index (χ0n) is 14.3. The molecular formula is C16H29N5O. The van der Waals surface area contributed by atoms with Crippen molar-refractivity contribution in [3.8, 4) is 0 Å². The minimum Gasteiger partial charge on any atom is -0.389 e. The van der Waals surface area contributed by atoms with Crippen molar-refractivity contribution < 1.29 is 5.11 Å². The molecule has 0 saturated carbocycles. The maximum absolute atomic E-state index is 9.95. The lowest BCUT2D eigenvalue weighted by Gasteiger charge is -2.32. The minimum atomic E-state index is -0.684. The fraction of sp³-hybridized carbons (Fsp3) is 0.750. The molecule has 124 valence electrons. The second kappa shape index (κ2) is 7.35. The smallest absolute Gasteiger partial charge is 0.225 e. The van der Waals surface area contributed by atoms with E-state index >= 15 is 0 Å². The van der Waals surface area contributed by atoms with E-state index in [0.717, 1.165) is 50.8 Å². The number of aromatic nitrogens is 2. The van der Waals surface area contributed by atoms with E-state index < -0.39 is 5.60 Å². The normalized spacial score (nSPS) is 17.3. The van der Waals surface area contributed by atoms with E-state index in [1.807, 2.05) is 26.2 Å². The Morgan fingerprint density at radius 2 is 1.77 bits per heavy atom. The molecule has 0 atom stereocenters. The van der Waals surface area contributed by atoms with Crippen LogP contribution in [0.25, 0.3) is 0 Å². The van der Waals surface area contributed by atoms with Gasteiger partial charge in [0.15, 0.2) is 0 Å². The van der Waals surface area contributed by atoms with E-state index in [1.54, 1.807) is 0 Å². The quantitative estimate of drug-likeness (QED) is 0.840. The number of anilines is 1. The fourth-order valence-corrected chi connectivity index (χ4v) is 2.68. The van der Waals surface area contributed by atoms with Crippen LogP contribution in [0.15, 0.2) is 12.4 Å². The van der Waals surface area contributed by atoms with Gasteiger partial charge in [-0.2, -0.15) is 0 Å². The third-order valence-electron chi connectivity index (χ3n) is 3.94. The van der Waals surface area contributed by atoms with Crippen LogP contribution in [0.5, 0.6) is 0 Å². The van der Waals surface area contributed by atoms with Crippen molar-refractivity contribution in [3.05, 3.63) is 18.0 Å². The monoisotopic (exact) mass is 307 g/mol. The Morgan fingerprint density at radius 3 is 2.27 bits per heavy atom. The Kier molecular flexibility index (Phi) is 5.72. The lowest BCUT2D eigenvalue weighted by molar-refractivity contribution is 0.0353. The standard InChI is InChI=1S/C16H29N5O/c1-5-20(13-16(2,3)22)12-14-10-17-15(18-11-14)21-8-6-19(4)7-9-21/h10-11,22H,5-9,12-13H2,1-4H3. The van der Waals surface area contributed by atoms with Crippen molar-refractivity contribution in [1.82, 2.24) is 19.8 Å². The minimum absolute atomic E-state index is 0.643. The van der Waals surface area contributed by atoms with E-state index in [-0.39, 0.29) is 0 Å². The molecule has 0 unspecified atom stereocenters. The van der Waals surface area contributed by atoms with Crippen molar-refractivity contribution in [3.63, 3.8) is 0 Å². The van der Waals surface area contributed by atoms with Gasteiger partial charge in [0.05, 0.1) is 5.60 Å². The first-order valence-corrected chi connectivity index (χ1v) is 8.06. The third kappa shape index (κ3) is 5.19. The lowest BCUT2D eigenvalue weighted by Crippen LogP contribution is -2.45. The largest absolute Gasteiger partial charge is 0.389 e. The molecule has 0 amide bonds. The van der Waals surface area contributed by atoms with Gasteiger partial charge >= 0.3 is 0 Å². The number of likely N-dealkylation sites (N-methyl/N-ethyl adjacent to an activating group) is 2. The number of rotatable bonds is 6. The number of hydrogen-bond donors (Lipinski definition) is 1. The molecule has 1 N–H and O–H groups in total. The van der Waals surface area contributed by atoms with Gasteiger partial charge in [-0.3, -0.25) is 4.90 Å². The van der Waals surface area contributed by atoms with Crippen LogP contribution < -0.4 is 4.90 Å². The molecule has 1 fully saturated rings. The Labute approximate surface area is 133 Å². The highest BCUT2D eigenvalue weighted by atomic mass is 16.3. The number of nitrogens with zero attached hydrogens (tertiary/aromatic N) is 5. The first-order chi connectivity index (χ1) is 10.4. The van der Waals surface area contributed by atoms with Crippen LogP contribution in [0.3, 0.4) is 0 Å². The van der Waals surface area contributed by atoms with Crippen molar-refractivity contribution in [2.45, 2.75) is 32.9 Å². The zero-order chi connectivity index (χ0) is 16.2. The summed E-state index contributed by atoms with van der Waals surface area (Å²) in [6, 6.07) is 0. The number of piperazine rings is 1. The Bertz CT molecular complexity index is 449. The summed E-state index contributed by atoms with van der Waals surface area (Å²) in [6.45, 7) is 12.2. The van der Waals surface area contributed by atoms with Crippen LogP contribution in [0.1, 0.15) is 26.3 Å². The first kappa shape index (κ1) is 17.1. The molecule has 0 aliphatic carbocycles. The summed E-state index contributed by atoms with van der Waals surface area (Å²) in [6.07, 6.45) is 3.82. The molecule has 1 aromatic heterocycles. The maximum atomic E-state index is 9.95. The predicted octanol–water partition coefficient (Wildman–Crippen LogP) is 0.821. The van der Waals surface area contributed by atoms with Crippen LogP contribution in [0.4, 0.5) is 5.95 Å². The summed E-state index contributed by atoms with van der Waals surface area (Å²) >= 11 is 0. The van der Waals surface area contributed by atoms with Gasteiger partial charge in [0.1, 0.15) is 0 Å². The molecule has 0 bridgehead atoms. The molecular weight excluding hydrogens is 278 g/mol. The molecule has 1 aliphatic rings. The molecule has 6 nitrogen and oxygen atoms in total. The molecule has 0 radical (unpaired) electrons. The molecule has 22 heavy (non-hydrogen) atoms. The molecule has 2 heterocycles. The lowest BCUT2D eigenvalue weighted by atomic mass is 10.1. The SMILES string of the molecule is CCN(Cc1cnc(N2CCN(C)CC2)nc1)CC(C)(C)O. The number of hydrogen-bond acceptors (Lipinski definition) is 6. The third-order valence-corrected chi connectivity index (χ3v) is 3.94. The van der Waals surface area contributed by atoms with Gasteiger partial charge in [0, 0.05) is 57.2 Å². The van der Waals surface area contributed by atoms with E-state index in [2.05, 4.69) is 38.6 Å². The van der Waals surface area contributed by atoms with Crippen LogP contribution in [-0.4, -0.2) is 76.8 Å². The van der Waals surface area contributed by atoms with Gasteiger partial charge < -0.3 is 14.9 Å². The molecule has 0 spiro atoms. The average molecular weight is 307 g/mol. The fourth-order valence-electron chi connectivity index (χ4n) is 2.68. The van der Waals surface area contributed by atoms with Crippen LogP contribution in [-0.2, 0) is 6.54 Å². The van der Waals surface area contributed by atoms with Crippen LogP contribution in [0, 0.1) is 0 Å². The van der Waals surface area contributed by atoms with Gasteiger partial charge in [-0.15, -0.1) is 0 Å². The van der Waals surface area contributed by atoms with Crippen LogP contribution in [0.2, 0.25) is 0 Å². The average Bonchev–Trinajstić information content (AvgIpc) is 2.47. The highest BCUT2D eigenvalue weighted by molar-refractivity contribution is 5.30. The highest BCUT2D eigenvalue weighted by Crippen LogP contribution is 2.12. The molecule has 1 aromatic rings. The molecule has 2 rings (SSSR count). The maximum Gasteiger partial charge on any atom is 0.225 e. The summed E-state index contributed by atoms with van der Waals surface area (Å²) in [4.78, 5) is 15.8. The van der Waals surface area contributed by atoms with E-state index in [1.165, 1.54) is 0 Å². The predicted molar refractivity (Wildman–Crippen MR) is 89.0 cm³/mol. The van der Waals surface area contributed by atoms with Crippen molar-refractivity contribution in [1.29, 1.82) is 0 Å². The second-order valence-corrected chi connectivity index (χ2v) is 6.80. The van der Waals surface area contributed by atoms with Gasteiger partial charge in [-0.25, -0.2) is 9.97 Å². The number of aliphatic hydroxyl groups is 1. The summed E-state index contributed by atoms with van der Waals surface area (Å²) in [5.41, 5.74) is 0.403. The summed E-state index contributed by atoms with van der Waals surface area (Å²) in [5.74, 6) is 0.822. The molecule has 6 heteroatoms. The van der Waals surface area contributed by atoms with Crippen LogP contribution >= 0.6 is 0 Å². The Hall–Kier alpha value is -1.24. The summed E-state index contributed by atoms with van der Waals surface area (Å²) < 4.78 is 0. The van der Waals surface area contributed by atoms with Gasteiger partial charge in [0.25, 0.3) is 0 Å². The van der Waals surface area contributed by atoms with E-state index in [0.29, 0.717) is 6.54 Å². The van der Waals surface area contributed by atoms with Crippen molar-refractivity contribution in [2.24, 2.45) is 0 Å². The highest BCUT2D eigenvalue weighted by Gasteiger charge is 2.19. The summed E-state index contributed by atoms with van der Waals surface area (Å²) in [5, 5.41) is 9.95. The van der Waals surface area contributed by atoms with Crippen molar-refractivity contribution >= 4 is 5.95 Å². The van der Waals surface area contributed by atoms with E-state index in [4.69, 9.17) is 0 Å². The van der Waals surface area contributed by atoms with Gasteiger partial charge in [-0.1, -0.05) is 6.92 Å². The molecule has 1 saturated heterocycles. The second-order valence-electron chi connectivity index (χ2n) is 6.80.